The van der Waals surface area contributed by atoms with Gasteiger partial charge in [0.05, 0.1) is 6.17 Å². The molecule has 0 radical (unpaired) electrons. The second kappa shape index (κ2) is 8.57. The molecular weight excluding hydrogens is 324 g/mol. The Hall–Kier alpha value is -0.650. The quantitative estimate of drug-likeness (QED) is 0.719. The summed E-state index contributed by atoms with van der Waals surface area (Å²) in [5, 5.41) is 11.6. The normalized spacial score (nSPS) is 39.0. The molecule has 5 nitrogen and oxygen atoms in total. The van der Waals surface area contributed by atoms with E-state index >= 15 is 0 Å². The van der Waals surface area contributed by atoms with Gasteiger partial charge in [0.15, 0.2) is 0 Å². The summed E-state index contributed by atoms with van der Waals surface area (Å²) in [5.74, 6) is 0.997. The zero-order valence-corrected chi connectivity index (χ0v) is 16.5. The van der Waals surface area contributed by atoms with Crippen LogP contribution in [0.5, 0.6) is 0 Å². The molecule has 26 heavy (non-hydrogen) atoms. The standard InChI is InChI=1S/C21H38N4O/c1-15(26)25-13-11-16-6-5-9-19(21(16)25)23-18-10-12-22-20(14-18)24-17-7-3-2-4-8-17/h16-24H,2-14H2,1H3. The second-order valence-electron chi connectivity index (χ2n) is 9.19. The largest absolute Gasteiger partial charge is 0.338 e. The molecule has 0 spiro atoms. The van der Waals surface area contributed by atoms with Gasteiger partial charge in [-0.1, -0.05) is 25.7 Å². The number of nitrogens with one attached hydrogen (secondary N) is 3. The van der Waals surface area contributed by atoms with Crippen molar-refractivity contribution in [3.63, 3.8) is 0 Å². The molecule has 0 aromatic rings. The Morgan fingerprint density at radius 1 is 0.923 bits per heavy atom. The van der Waals surface area contributed by atoms with E-state index in [0.29, 0.717) is 30.3 Å². The van der Waals surface area contributed by atoms with Gasteiger partial charge in [-0.15, -0.1) is 0 Å². The van der Waals surface area contributed by atoms with Gasteiger partial charge >= 0.3 is 0 Å². The number of likely N-dealkylation sites (tertiary alicyclic amines) is 1. The Kier molecular flexibility index (Phi) is 6.17. The van der Waals surface area contributed by atoms with Crippen molar-refractivity contribution in [2.45, 2.75) is 108 Å². The van der Waals surface area contributed by atoms with Gasteiger partial charge in [-0.2, -0.15) is 0 Å². The minimum atomic E-state index is 0.272. The van der Waals surface area contributed by atoms with Crippen molar-refractivity contribution < 1.29 is 4.79 Å². The van der Waals surface area contributed by atoms with Crippen LogP contribution in [0.2, 0.25) is 0 Å². The van der Waals surface area contributed by atoms with Crippen LogP contribution in [0.25, 0.3) is 0 Å². The van der Waals surface area contributed by atoms with Gasteiger partial charge < -0.3 is 15.5 Å². The first-order chi connectivity index (χ1) is 12.7. The molecule has 5 unspecified atom stereocenters. The number of hydrogen-bond acceptors (Lipinski definition) is 4. The summed E-state index contributed by atoms with van der Waals surface area (Å²) in [6, 6.07) is 2.23. The van der Waals surface area contributed by atoms with Crippen LogP contribution in [0.4, 0.5) is 0 Å². The van der Waals surface area contributed by atoms with Crippen molar-refractivity contribution in [3.05, 3.63) is 0 Å². The van der Waals surface area contributed by atoms with Crippen molar-refractivity contribution in [1.82, 2.24) is 20.9 Å². The van der Waals surface area contributed by atoms with E-state index in [1.165, 1.54) is 70.6 Å². The molecule has 2 saturated heterocycles. The van der Waals surface area contributed by atoms with Crippen molar-refractivity contribution in [2.75, 3.05) is 13.1 Å². The molecule has 2 aliphatic heterocycles. The third-order valence-electron chi connectivity index (χ3n) is 7.39. The third kappa shape index (κ3) is 4.26. The molecule has 0 aromatic heterocycles. The topological polar surface area (TPSA) is 56.4 Å². The Morgan fingerprint density at radius 2 is 1.77 bits per heavy atom. The molecular formula is C21H38N4O. The predicted octanol–water partition coefficient (Wildman–Crippen LogP) is 2.37. The molecule has 2 aliphatic carbocycles. The van der Waals surface area contributed by atoms with Gasteiger partial charge in [0.25, 0.3) is 0 Å². The first kappa shape index (κ1) is 18.7. The minimum absolute atomic E-state index is 0.272. The molecule has 5 heteroatoms. The fourth-order valence-electron chi connectivity index (χ4n) is 6.11. The van der Waals surface area contributed by atoms with E-state index in [-0.39, 0.29) is 5.91 Å². The van der Waals surface area contributed by atoms with Crippen molar-refractivity contribution in [2.24, 2.45) is 5.92 Å². The van der Waals surface area contributed by atoms with Crippen LogP contribution in [-0.2, 0) is 4.79 Å². The summed E-state index contributed by atoms with van der Waals surface area (Å²) in [6.07, 6.45) is 14.8. The van der Waals surface area contributed by atoms with E-state index < -0.39 is 0 Å². The first-order valence-electron chi connectivity index (χ1n) is 11.2. The van der Waals surface area contributed by atoms with Crippen molar-refractivity contribution in [3.8, 4) is 0 Å². The lowest BCUT2D eigenvalue weighted by Crippen LogP contribution is -2.60. The van der Waals surface area contributed by atoms with E-state index in [1.807, 2.05) is 0 Å². The molecule has 4 aliphatic rings. The highest BCUT2D eigenvalue weighted by molar-refractivity contribution is 5.74. The molecule has 0 bridgehead atoms. The maximum absolute atomic E-state index is 12.1. The van der Waals surface area contributed by atoms with Gasteiger partial charge in [-0.3, -0.25) is 10.1 Å². The lowest BCUT2D eigenvalue weighted by atomic mass is 9.80. The van der Waals surface area contributed by atoms with E-state index in [2.05, 4.69) is 20.9 Å². The van der Waals surface area contributed by atoms with E-state index in [1.54, 1.807) is 6.92 Å². The Morgan fingerprint density at radius 3 is 2.58 bits per heavy atom. The first-order valence-corrected chi connectivity index (χ1v) is 11.2. The molecule has 1 amide bonds. The van der Waals surface area contributed by atoms with Gasteiger partial charge in [0, 0.05) is 37.6 Å². The van der Waals surface area contributed by atoms with Gasteiger partial charge in [0.2, 0.25) is 5.91 Å². The minimum Gasteiger partial charge on any atom is -0.338 e. The highest BCUT2D eigenvalue weighted by atomic mass is 16.2. The molecule has 0 aromatic carbocycles. The smallest absolute Gasteiger partial charge is 0.219 e. The van der Waals surface area contributed by atoms with Crippen LogP contribution in [0.15, 0.2) is 0 Å². The molecule has 3 N–H and O–H groups in total. The van der Waals surface area contributed by atoms with Crippen LogP contribution in [0.3, 0.4) is 0 Å². The van der Waals surface area contributed by atoms with Crippen molar-refractivity contribution >= 4 is 5.91 Å². The van der Waals surface area contributed by atoms with Crippen molar-refractivity contribution in [1.29, 1.82) is 0 Å². The van der Waals surface area contributed by atoms with Crippen LogP contribution >= 0.6 is 0 Å². The maximum atomic E-state index is 12.1. The molecule has 5 atom stereocenters. The fraction of sp³-hybridized carbons (Fsp3) is 0.952. The monoisotopic (exact) mass is 362 g/mol. The highest BCUT2D eigenvalue weighted by Crippen LogP contribution is 2.37. The fourth-order valence-corrected chi connectivity index (χ4v) is 6.11. The number of amides is 1. The van der Waals surface area contributed by atoms with Gasteiger partial charge in [0.1, 0.15) is 0 Å². The Balaban J connectivity index is 1.32. The Labute approximate surface area is 159 Å². The second-order valence-corrected chi connectivity index (χ2v) is 9.19. The van der Waals surface area contributed by atoms with E-state index in [4.69, 9.17) is 0 Å². The van der Waals surface area contributed by atoms with Crippen LogP contribution < -0.4 is 16.0 Å². The molecule has 148 valence electrons. The number of carbonyl (C=O) groups excluding carboxylic acids is 1. The van der Waals surface area contributed by atoms with Gasteiger partial charge in [-0.05, 0) is 57.4 Å². The summed E-state index contributed by atoms with van der Waals surface area (Å²) >= 11 is 0. The molecule has 4 fully saturated rings. The SMILES string of the molecule is CC(=O)N1CCC2CCCC(NC3CCNC(NC4CCCCC4)C3)C21. The molecule has 4 rings (SSSR count). The number of nitrogens with zero attached hydrogens (tertiary/aromatic N) is 1. The number of hydrogen-bond donors (Lipinski definition) is 3. The maximum Gasteiger partial charge on any atom is 0.219 e. The lowest BCUT2D eigenvalue weighted by molar-refractivity contribution is -0.131. The summed E-state index contributed by atoms with van der Waals surface area (Å²) in [6.45, 7) is 3.82. The van der Waals surface area contributed by atoms with Crippen LogP contribution in [0.1, 0.15) is 77.6 Å². The van der Waals surface area contributed by atoms with Crippen LogP contribution in [0, 0.1) is 5.92 Å². The molecule has 2 heterocycles. The highest BCUT2D eigenvalue weighted by Gasteiger charge is 2.43. The average Bonchev–Trinajstić information content (AvgIpc) is 3.08. The zero-order chi connectivity index (χ0) is 17.9. The lowest BCUT2D eigenvalue weighted by Gasteiger charge is -2.42. The zero-order valence-electron chi connectivity index (χ0n) is 16.5. The third-order valence-corrected chi connectivity index (χ3v) is 7.39. The molecule has 2 saturated carbocycles. The number of piperidine rings is 1. The average molecular weight is 363 g/mol. The van der Waals surface area contributed by atoms with Gasteiger partial charge in [-0.25, -0.2) is 0 Å². The predicted molar refractivity (Wildman–Crippen MR) is 105 cm³/mol. The number of carbonyl (C=O) groups is 1. The van der Waals surface area contributed by atoms with E-state index in [9.17, 15) is 4.79 Å². The van der Waals surface area contributed by atoms with E-state index in [0.717, 1.165) is 19.0 Å². The summed E-state index contributed by atoms with van der Waals surface area (Å²) in [5.41, 5.74) is 0. The summed E-state index contributed by atoms with van der Waals surface area (Å²) in [7, 11) is 0. The summed E-state index contributed by atoms with van der Waals surface area (Å²) < 4.78 is 0. The number of fused-ring (bicyclic) bond motifs is 1. The van der Waals surface area contributed by atoms with Crippen LogP contribution in [-0.4, -0.2) is 54.2 Å². The Bertz CT molecular complexity index is 479. The number of rotatable bonds is 4. The summed E-state index contributed by atoms with van der Waals surface area (Å²) in [4.78, 5) is 14.3.